The Morgan fingerprint density at radius 2 is 2.14 bits per heavy atom. The quantitative estimate of drug-likeness (QED) is 0.844. The highest BCUT2D eigenvalue weighted by molar-refractivity contribution is 5.94. The van der Waals surface area contributed by atoms with Crippen LogP contribution in [0.15, 0.2) is 18.2 Å². The molecule has 0 aromatic heterocycles. The molecule has 1 fully saturated rings. The molecular weight excluding hydrogens is 282 g/mol. The van der Waals surface area contributed by atoms with E-state index in [1.807, 2.05) is 6.92 Å². The average molecular weight is 300 g/mol. The maximum absolute atomic E-state index is 12.4. The maximum Gasteiger partial charge on any atom is 0.387 e. The Hall–Kier alpha value is -1.89. The predicted octanol–water partition coefficient (Wildman–Crippen LogP) is 2.09. The Bertz CT molecular complexity index is 507. The van der Waals surface area contributed by atoms with E-state index in [-0.39, 0.29) is 29.2 Å². The monoisotopic (exact) mass is 300 g/mol. The van der Waals surface area contributed by atoms with Crippen LogP contribution in [-0.4, -0.2) is 32.7 Å². The number of hydrogen-bond acceptors (Lipinski definition) is 4. The molecule has 1 unspecified atom stereocenters. The van der Waals surface area contributed by atoms with Gasteiger partial charge in [-0.25, -0.2) is 0 Å². The molecule has 1 amide bonds. The highest BCUT2D eigenvalue weighted by Gasteiger charge is 2.29. The van der Waals surface area contributed by atoms with Gasteiger partial charge in [-0.2, -0.15) is 8.78 Å². The number of ether oxygens (including phenoxy) is 2. The number of carbonyl (C=O) groups excluding carboxylic acids is 1. The van der Waals surface area contributed by atoms with Gasteiger partial charge in [0.15, 0.2) is 0 Å². The van der Waals surface area contributed by atoms with Gasteiger partial charge in [-0.05, 0) is 31.1 Å². The van der Waals surface area contributed by atoms with E-state index in [2.05, 4.69) is 15.4 Å². The molecule has 1 heterocycles. The highest BCUT2D eigenvalue weighted by Crippen LogP contribution is 2.31. The van der Waals surface area contributed by atoms with Crippen molar-refractivity contribution in [1.82, 2.24) is 5.32 Å². The van der Waals surface area contributed by atoms with Gasteiger partial charge >= 0.3 is 6.61 Å². The molecule has 0 radical (unpaired) electrons. The summed E-state index contributed by atoms with van der Waals surface area (Å²) in [4.78, 5) is 12.2. The van der Waals surface area contributed by atoms with Gasteiger partial charge in [0.2, 0.25) is 5.91 Å². The molecule has 1 aromatic rings. The lowest BCUT2D eigenvalue weighted by molar-refractivity contribution is -0.121. The summed E-state index contributed by atoms with van der Waals surface area (Å²) in [6, 6.07) is 4.30. The van der Waals surface area contributed by atoms with Gasteiger partial charge in [0, 0.05) is 12.0 Å². The lowest BCUT2D eigenvalue weighted by Crippen LogP contribution is -2.48. The summed E-state index contributed by atoms with van der Waals surface area (Å²) in [5.41, 5.74) is 0.179. The summed E-state index contributed by atoms with van der Waals surface area (Å²) in [5, 5.41) is 5.73. The largest absolute Gasteiger partial charge is 0.497 e. The van der Waals surface area contributed by atoms with Gasteiger partial charge in [-0.3, -0.25) is 4.79 Å². The van der Waals surface area contributed by atoms with E-state index in [0.29, 0.717) is 5.75 Å². The summed E-state index contributed by atoms with van der Waals surface area (Å²) in [5.74, 6) is 0.184. The van der Waals surface area contributed by atoms with Crippen molar-refractivity contribution < 1.29 is 23.0 Å². The fourth-order valence-corrected chi connectivity index (χ4v) is 2.06. The van der Waals surface area contributed by atoms with Crippen molar-refractivity contribution in [3.8, 4) is 11.5 Å². The van der Waals surface area contributed by atoms with Crippen molar-refractivity contribution >= 4 is 11.6 Å². The van der Waals surface area contributed by atoms with Crippen molar-refractivity contribution in [2.75, 3.05) is 25.5 Å². The van der Waals surface area contributed by atoms with Crippen LogP contribution < -0.4 is 20.1 Å². The maximum atomic E-state index is 12.4. The number of amides is 1. The molecule has 1 aliphatic heterocycles. The van der Waals surface area contributed by atoms with Crippen LogP contribution in [0.5, 0.6) is 11.5 Å². The van der Waals surface area contributed by atoms with Crippen LogP contribution in [0, 0.1) is 11.8 Å². The number of rotatable bonds is 6. The Morgan fingerprint density at radius 3 is 2.67 bits per heavy atom. The first-order valence-electron chi connectivity index (χ1n) is 6.65. The van der Waals surface area contributed by atoms with Crippen molar-refractivity contribution in [3.05, 3.63) is 18.2 Å². The standard InChI is InChI=1S/C14H18F2N2O3/c1-8(9-6-17-7-9)13(19)18-11-5-10(20-2)3-4-12(11)21-14(15)16/h3-5,8-9,14,17H,6-7H2,1-2H3,(H,18,19). The smallest absolute Gasteiger partial charge is 0.387 e. The molecule has 1 saturated heterocycles. The molecule has 1 aromatic carbocycles. The molecule has 1 aliphatic rings. The zero-order chi connectivity index (χ0) is 15.4. The SMILES string of the molecule is COc1ccc(OC(F)F)c(NC(=O)C(C)C2CNC2)c1. The molecule has 0 spiro atoms. The summed E-state index contributed by atoms with van der Waals surface area (Å²) in [6.07, 6.45) is 0. The minimum absolute atomic E-state index is 0.0851. The first-order chi connectivity index (χ1) is 10.0. The number of hydrogen-bond donors (Lipinski definition) is 2. The van der Waals surface area contributed by atoms with Gasteiger partial charge in [0.1, 0.15) is 11.5 Å². The van der Waals surface area contributed by atoms with E-state index in [1.165, 1.54) is 25.3 Å². The topological polar surface area (TPSA) is 59.6 Å². The van der Waals surface area contributed by atoms with Gasteiger partial charge in [0.05, 0.1) is 12.8 Å². The number of carbonyl (C=O) groups is 1. The number of methoxy groups -OCH3 is 1. The molecule has 1 atom stereocenters. The third kappa shape index (κ3) is 3.81. The molecule has 0 bridgehead atoms. The Kier molecular flexibility index (Phi) is 4.95. The van der Waals surface area contributed by atoms with E-state index in [1.54, 1.807) is 0 Å². The number of halogens is 2. The van der Waals surface area contributed by atoms with Crippen molar-refractivity contribution in [1.29, 1.82) is 0 Å². The zero-order valence-electron chi connectivity index (χ0n) is 11.9. The Morgan fingerprint density at radius 1 is 1.43 bits per heavy atom. The van der Waals surface area contributed by atoms with E-state index in [4.69, 9.17) is 4.74 Å². The number of anilines is 1. The third-order valence-electron chi connectivity index (χ3n) is 3.59. The zero-order valence-corrected chi connectivity index (χ0v) is 11.9. The molecule has 2 N–H and O–H groups in total. The van der Waals surface area contributed by atoms with Gasteiger partial charge in [-0.15, -0.1) is 0 Å². The second-order valence-corrected chi connectivity index (χ2v) is 4.94. The number of benzene rings is 1. The van der Waals surface area contributed by atoms with Crippen LogP contribution in [0.25, 0.3) is 0 Å². The van der Waals surface area contributed by atoms with Gasteiger partial charge in [-0.1, -0.05) is 6.92 Å². The van der Waals surface area contributed by atoms with Crippen LogP contribution in [0.2, 0.25) is 0 Å². The van der Waals surface area contributed by atoms with Crippen LogP contribution in [-0.2, 0) is 4.79 Å². The fraction of sp³-hybridized carbons (Fsp3) is 0.500. The molecule has 0 aliphatic carbocycles. The lowest BCUT2D eigenvalue weighted by atomic mass is 9.88. The van der Waals surface area contributed by atoms with E-state index in [9.17, 15) is 13.6 Å². The van der Waals surface area contributed by atoms with Crippen LogP contribution >= 0.6 is 0 Å². The molecule has 7 heteroatoms. The van der Waals surface area contributed by atoms with Crippen molar-refractivity contribution in [3.63, 3.8) is 0 Å². The minimum Gasteiger partial charge on any atom is -0.497 e. The molecule has 2 rings (SSSR count). The highest BCUT2D eigenvalue weighted by atomic mass is 19.3. The fourth-order valence-electron chi connectivity index (χ4n) is 2.06. The van der Waals surface area contributed by atoms with Gasteiger partial charge < -0.3 is 20.1 Å². The minimum atomic E-state index is -2.96. The van der Waals surface area contributed by atoms with Gasteiger partial charge in [0.25, 0.3) is 0 Å². The lowest BCUT2D eigenvalue weighted by Gasteiger charge is -2.31. The number of nitrogens with one attached hydrogen (secondary N) is 2. The molecule has 116 valence electrons. The van der Waals surface area contributed by atoms with Crippen LogP contribution in [0.3, 0.4) is 0 Å². The second-order valence-electron chi connectivity index (χ2n) is 4.94. The number of alkyl halides is 2. The molecule has 21 heavy (non-hydrogen) atoms. The summed E-state index contributed by atoms with van der Waals surface area (Å²) in [6.45, 7) is 0.428. The summed E-state index contributed by atoms with van der Waals surface area (Å²) < 4.78 is 34.2. The summed E-state index contributed by atoms with van der Waals surface area (Å²) in [7, 11) is 1.46. The first-order valence-corrected chi connectivity index (χ1v) is 6.65. The van der Waals surface area contributed by atoms with E-state index >= 15 is 0 Å². The molecular formula is C14H18F2N2O3. The average Bonchev–Trinajstić information content (AvgIpc) is 2.38. The molecule has 0 saturated carbocycles. The van der Waals surface area contributed by atoms with E-state index in [0.717, 1.165) is 13.1 Å². The Balaban J connectivity index is 2.13. The summed E-state index contributed by atoms with van der Waals surface area (Å²) >= 11 is 0. The predicted molar refractivity (Wildman–Crippen MR) is 73.8 cm³/mol. The van der Waals surface area contributed by atoms with Crippen molar-refractivity contribution in [2.24, 2.45) is 11.8 Å². The van der Waals surface area contributed by atoms with Crippen LogP contribution in [0.1, 0.15) is 6.92 Å². The first kappa shape index (κ1) is 15.5. The second kappa shape index (κ2) is 6.71. The third-order valence-corrected chi connectivity index (χ3v) is 3.59. The van der Waals surface area contributed by atoms with Crippen molar-refractivity contribution in [2.45, 2.75) is 13.5 Å². The molecule has 5 nitrogen and oxygen atoms in total. The Labute approximate surface area is 121 Å². The normalized spacial score (nSPS) is 16.2. The van der Waals surface area contributed by atoms with Crippen LogP contribution in [0.4, 0.5) is 14.5 Å². The van der Waals surface area contributed by atoms with E-state index < -0.39 is 6.61 Å².